The lowest BCUT2D eigenvalue weighted by Gasteiger charge is -2.34. The molecule has 0 radical (unpaired) electrons. The maximum absolute atomic E-state index is 12.2. The number of urea groups is 1. The van der Waals surface area contributed by atoms with E-state index in [1.54, 1.807) is 4.90 Å². The van der Waals surface area contributed by atoms with E-state index >= 15 is 0 Å². The molecule has 6 nitrogen and oxygen atoms in total. The monoisotopic (exact) mass is 382 g/mol. The first-order valence-electron chi connectivity index (χ1n) is 7.84. The highest BCUT2D eigenvalue weighted by Gasteiger charge is 2.21. The van der Waals surface area contributed by atoms with Gasteiger partial charge >= 0.3 is 6.03 Å². The van der Waals surface area contributed by atoms with Crippen molar-refractivity contribution in [1.82, 2.24) is 20.4 Å². The number of hydrogen-bond donors (Lipinski definition) is 2. The van der Waals surface area contributed by atoms with Crippen LogP contribution in [0.25, 0.3) is 0 Å². The maximum atomic E-state index is 12.2. The van der Waals surface area contributed by atoms with E-state index in [9.17, 15) is 9.59 Å². The predicted molar refractivity (Wildman–Crippen MR) is 93.1 cm³/mol. The highest BCUT2D eigenvalue weighted by atomic mass is 79.9. The van der Waals surface area contributed by atoms with Crippen LogP contribution in [0.15, 0.2) is 28.7 Å². The van der Waals surface area contributed by atoms with Gasteiger partial charge in [0.1, 0.15) is 0 Å². The normalized spacial score (nSPS) is 15.3. The van der Waals surface area contributed by atoms with Crippen LogP contribution in [0.5, 0.6) is 0 Å². The fraction of sp³-hybridized carbons (Fsp3) is 0.500. The minimum atomic E-state index is -0.0531. The molecule has 2 N–H and O–H groups in total. The Morgan fingerprint density at radius 2 is 1.91 bits per heavy atom. The highest BCUT2D eigenvalue weighted by Crippen LogP contribution is 2.11. The lowest BCUT2D eigenvalue weighted by atomic mass is 10.2. The number of amides is 3. The Kier molecular flexibility index (Phi) is 6.85. The average Bonchev–Trinajstić information content (AvgIpc) is 2.53. The second-order valence-electron chi connectivity index (χ2n) is 5.51. The fourth-order valence-electron chi connectivity index (χ4n) is 2.50. The van der Waals surface area contributed by atoms with E-state index in [-0.39, 0.29) is 11.9 Å². The van der Waals surface area contributed by atoms with Crippen LogP contribution in [0, 0.1) is 0 Å². The molecule has 0 aliphatic carbocycles. The largest absolute Gasteiger partial charge is 0.355 e. The van der Waals surface area contributed by atoms with Gasteiger partial charge in [-0.3, -0.25) is 9.69 Å². The van der Waals surface area contributed by atoms with Gasteiger partial charge in [0.15, 0.2) is 0 Å². The van der Waals surface area contributed by atoms with E-state index in [1.165, 1.54) is 0 Å². The van der Waals surface area contributed by atoms with Crippen LogP contribution >= 0.6 is 15.9 Å². The molecule has 23 heavy (non-hydrogen) atoms. The van der Waals surface area contributed by atoms with E-state index in [0.717, 1.165) is 23.1 Å². The molecular formula is C16H23BrN4O2. The Hall–Kier alpha value is -1.60. The van der Waals surface area contributed by atoms with Gasteiger partial charge in [-0.05, 0) is 24.6 Å². The van der Waals surface area contributed by atoms with Crippen LogP contribution in [0.1, 0.15) is 12.5 Å². The van der Waals surface area contributed by atoms with Crippen LogP contribution < -0.4 is 10.6 Å². The lowest BCUT2D eigenvalue weighted by molar-refractivity contribution is -0.122. The first-order chi connectivity index (χ1) is 11.1. The summed E-state index contributed by atoms with van der Waals surface area (Å²) in [5, 5.41) is 5.73. The number of carbonyl (C=O) groups is 2. The number of hydrogen-bond acceptors (Lipinski definition) is 3. The van der Waals surface area contributed by atoms with E-state index in [2.05, 4.69) is 31.5 Å². The molecule has 0 spiro atoms. The van der Waals surface area contributed by atoms with Crippen molar-refractivity contribution in [3.63, 3.8) is 0 Å². The molecule has 1 aromatic carbocycles. The third-order valence-corrected chi connectivity index (χ3v) is 4.23. The van der Waals surface area contributed by atoms with Crippen molar-refractivity contribution in [2.75, 3.05) is 39.3 Å². The molecule has 7 heteroatoms. The first-order valence-corrected chi connectivity index (χ1v) is 8.64. The summed E-state index contributed by atoms with van der Waals surface area (Å²) in [6.07, 6.45) is 0. The number of piperazine rings is 1. The molecule has 1 saturated heterocycles. The number of rotatable bonds is 5. The number of nitrogens with zero attached hydrogens (tertiary/aromatic N) is 2. The Morgan fingerprint density at radius 3 is 2.57 bits per heavy atom. The Bertz CT molecular complexity index is 545. The predicted octanol–water partition coefficient (Wildman–Crippen LogP) is 1.41. The molecule has 0 unspecified atom stereocenters. The summed E-state index contributed by atoms with van der Waals surface area (Å²) < 4.78 is 1.00. The molecule has 0 aromatic heterocycles. The van der Waals surface area contributed by atoms with Crippen molar-refractivity contribution in [3.05, 3.63) is 34.3 Å². The third kappa shape index (κ3) is 5.84. The van der Waals surface area contributed by atoms with E-state index in [1.807, 2.05) is 31.2 Å². The Balaban J connectivity index is 1.72. The quantitative estimate of drug-likeness (QED) is 0.808. The van der Waals surface area contributed by atoms with Gasteiger partial charge < -0.3 is 15.5 Å². The van der Waals surface area contributed by atoms with Crippen molar-refractivity contribution in [3.8, 4) is 0 Å². The molecule has 1 aliphatic heterocycles. The van der Waals surface area contributed by atoms with Gasteiger partial charge in [-0.2, -0.15) is 0 Å². The summed E-state index contributed by atoms with van der Waals surface area (Å²) in [7, 11) is 0. The molecular weight excluding hydrogens is 360 g/mol. The second kappa shape index (κ2) is 8.88. The van der Waals surface area contributed by atoms with Crippen LogP contribution in [0.3, 0.4) is 0 Å². The first kappa shape index (κ1) is 17.7. The minimum Gasteiger partial charge on any atom is -0.355 e. The number of likely N-dealkylation sites (N-methyl/N-ethyl adjacent to an activating group) is 1. The van der Waals surface area contributed by atoms with Crippen molar-refractivity contribution >= 4 is 27.9 Å². The van der Waals surface area contributed by atoms with Gasteiger partial charge in [0, 0.05) is 43.7 Å². The van der Waals surface area contributed by atoms with Gasteiger partial charge in [0.2, 0.25) is 5.91 Å². The molecule has 1 fully saturated rings. The molecule has 0 bridgehead atoms. The Morgan fingerprint density at radius 1 is 1.17 bits per heavy atom. The third-order valence-electron chi connectivity index (χ3n) is 3.73. The molecule has 3 amide bonds. The molecule has 1 heterocycles. The molecule has 0 atom stereocenters. The zero-order valence-corrected chi connectivity index (χ0v) is 14.9. The Labute approximate surface area is 145 Å². The highest BCUT2D eigenvalue weighted by molar-refractivity contribution is 9.10. The zero-order chi connectivity index (χ0) is 16.7. The lowest BCUT2D eigenvalue weighted by Crippen LogP contribution is -2.53. The van der Waals surface area contributed by atoms with E-state index in [4.69, 9.17) is 0 Å². The van der Waals surface area contributed by atoms with Crippen LogP contribution in [-0.2, 0) is 11.3 Å². The summed E-state index contributed by atoms with van der Waals surface area (Å²) in [5.74, 6) is 0.0417. The second-order valence-corrected chi connectivity index (χ2v) is 6.42. The van der Waals surface area contributed by atoms with Gasteiger partial charge in [0.05, 0.1) is 6.54 Å². The topological polar surface area (TPSA) is 64.7 Å². The number of carbonyl (C=O) groups excluding carboxylic acids is 2. The maximum Gasteiger partial charge on any atom is 0.317 e. The van der Waals surface area contributed by atoms with Gasteiger partial charge in [0.25, 0.3) is 0 Å². The average molecular weight is 383 g/mol. The number of nitrogens with one attached hydrogen (secondary N) is 2. The fourth-order valence-corrected chi connectivity index (χ4v) is 2.95. The van der Waals surface area contributed by atoms with Gasteiger partial charge in [-0.15, -0.1) is 0 Å². The molecule has 126 valence electrons. The van der Waals surface area contributed by atoms with E-state index in [0.29, 0.717) is 32.7 Å². The molecule has 1 aromatic rings. The standard InChI is InChI=1S/C16H23BrN4O2/c1-2-18-15(22)12-20-6-8-21(9-7-20)16(23)19-11-13-4-3-5-14(17)10-13/h3-5,10H,2,6-9,11-12H2,1H3,(H,18,22)(H,19,23). The number of benzene rings is 1. The summed E-state index contributed by atoms with van der Waals surface area (Å²) in [6.45, 7) is 6.21. The zero-order valence-electron chi connectivity index (χ0n) is 13.3. The molecule has 0 saturated carbocycles. The van der Waals surface area contributed by atoms with Crippen molar-refractivity contribution in [1.29, 1.82) is 0 Å². The SMILES string of the molecule is CCNC(=O)CN1CCN(C(=O)NCc2cccc(Br)c2)CC1. The molecule has 1 aliphatic rings. The summed E-state index contributed by atoms with van der Waals surface area (Å²) >= 11 is 3.42. The van der Waals surface area contributed by atoms with Crippen LogP contribution in [0.4, 0.5) is 4.79 Å². The van der Waals surface area contributed by atoms with E-state index < -0.39 is 0 Å². The summed E-state index contributed by atoms with van der Waals surface area (Å²) in [5.41, 5.74) is 1.06. The van der Waals surface area contributed by atoms with Crippen LogP contribution in [0.2, 0.25) is 0 Å². The minimum absolute atomic E-state index is 0.0417. The van der Waals surface area contributed by atoms with Crippen molar-refractivity contribution in [2.45, 2.75) is 13.5 Å². The van der Waals surface area contributed by atoms with Crippen LogP contribution in [-0.4, -0.2) is 61.0 Å². The smallest absolute Gasteiger partial charge is 0.317 e. The summed E-state index contributed by atoms with van der Waals surface area (Å²) in [6, 6.07) is 7.83. The summed E-state index contributed by atoms with van der Waals surface area (Å²) in [4.78, 5) is 27.6. The number of halogens is 1. The van der Waals surface area contributed by atoms with Crippen molar-refractivity contribution < 1.29 is 9.59 Å². The van der Waals surface area contributed by atoms with Crippen molar-refractivity contribution in [2.24, 2.45) is 0 Å². The van der Waals surface area contributed by atoms with Gasteiger partial charge in [-0.1, -0.05) is 28.1 Å². The molecule has 2 rings (SSSR count). The van der Waals surface area contributed by atoms with Gasteiger partial charge in [-0.25, -0.2) is 4.79 Å².